The molecule has 0 spiro atoms. The van der Waals surface area contributed by atoms with E-state index in [1.807, 2.05) is 12.1 Å². The summed E-state index contributed by atoms with van der Waals surface area (Å²) in [6.07, 6.45) is 4.88. The highest BCUT2D eigenvalue weighted by atomic mass is 16.5. The average molecular weight is 277 g/mol. The predicted molar refractivity (Wildman–Crippen MR) is 77.1 cm³/mol. The lowest BCUT2D eigenvalue weighted by molar-refractivity contribution is 0.0585. The third kappa shape index (κ3) is 3.25. The number of methoxy groups -OCH3 is 1. The van der Waals surface area contributed by atoms with Crippen molar-refractivity contribution in [2.45, 2.75) is 56.9 Å². The zero-order valence-electron chi connectivity index (χ0n) is 12.0. The summed E-state index contributed by atoms with van der Waals surface area (Å²) < 4.78 is 11.3. The van der Waals surface area contributed by atoms with Crippen molar-refractivity contribution in [1.29, 1.82) is 0 Å². The van der Waals surface area contributed by atoms with E-state index in [0.717, 1.165) is 37.3 Å². The number of nitrogens with one attached hydrogen (secondary N) is 1. The number of rotatable bonds is 6. The van der Waals surface area contributed by atoms with Crippen molar-refractivity contribution in [3.63, 3.8) is 0 Å². The van der Waals surface area contributed by atoms with Crippen LogP contribution >= 0.6 is 0 Å². The molecule has 0 radical (unpaired) electrons. The second-order valence-corrected chi connectivity index (χ2v) is 5.79. The van der Waals surface area contributed by atoms with Gasteiger partial charge < -0.3 is 19.9 Å². The smallest absolute Gasteiger partial charge is 0.162 e. The molecule has 4 nitrogen and oxygen atoms in total. The fourth-order valence-corrected chi connectivity index (χ4v) is 2.68. The zero-order valence-corrected chi connectivity index (χ0v) is 12.0. The second-order valence-electron chi connectivity index (χ2n) is 5.79. The Bertz CT molecular complexity index is 459. The highest BCUT2D eigenvalue weighted by Gasteiger charge is 2.28. The molecule has 0 saturated heterocycles. The third-order valence-corrected chi connectivity index (χ3v) is 4.10. The molecule has 110 valence electrons. The topological polar surface area (TPSA) is 50.7 Å². The van der Waals surface area contributed by atoms with Crippen molar-refractivity contribution in [3.8, 4) is 11.5 Å². The minimum absolute atomic E-state index is 0.101. The molecule has 0 bridgehead atoms. The molecule has 0 aromatic heterocycles. The third-order valence-electron chi connectivity index (χ3n) is 4.10. The average Bonchev–Trinajstić information content (AvgIpc) is 3.21. The maximum Gasteiger partial charge on any atom is 0.162 e. The highest BCUT2D eigenvalue weighted by molar-refractivity contribution is 5.43. The van der Waals surface area contributed by atoms with Crippen LogP contribution in [0.3, 0.4) is 0 Å². The van der Waals surface area contributed by atoms with E-state index in [9.17, 15) is 5.11 Å². The Morgan fingerprint density at radius 2 is 2.05 bits per heavy atom. The van der Waals surface area contributed by atoms with Gasteiger partial charge in [-0.25, -0.2) is 0 Å². The van der Waals surface area contributed by atoms with Crippen LogP contribution < -0.4 is 14.8 Å². The van der Waals surface area contributed by atoms with Crippen LogP contribution in [-0.2, 0) is 6.54 Å². The molecular weight excluding hydrogens is 254 g/mol. The Morgan fingerprint density at radius 1 is 1.20 bits per heavy atom. The number of ether oxygens (including phenoxy) is 2. The fraction of sp³-hybridized carbons (Fsp3) is 0.625. The minimum atomic E-state index is -0.354. The van der Waals surface area contributed by atoms with E-state index in [4.69, 9.17) is 9.47 Å². The van der Waals surface area contributed by atoms with Crippen molar-refractivity contribution in [3.05, 3.63) is 23.8 Å². The van der Waals surface area contributed by atoms with E-state index in [1.165, 1.54) is 18.4 Å². The van der Waals surface area contributed by atoms with Crippen LogP contribution in [-0.4, -0.2) is 30.5 Å². The summed E-state index contributed by atoms with van der Waals surface area (Å²) in [5.41, 5.74) is 1.19. The van der Waals surface area contributed by atoms with Crippen LogP contribution in [0.5, 0.6) is 11.5 Å². The van der Waals surface area contributed by atoms with E-state index in [-0.39, 0.29) is 12.2 Å². The lowest BCUT2D eigenvalue weighted by Gasteiger charge is -2.19. The van der Waals surface area contributed by atoms with Gasteiger partial charge in [0, 0.05) is 12.6 Å². The summed E-state index contributed by atoms with van der Waals surface area (Å²) in [7, 11) is 1.65. The van der Waals surface area contributed by atoms with Crippen LogP contribution in [0, 0.1) is 0 Å². The Labute approximate surface area is 120 Å². The molecule has 0 amide bonds. The van der Waals surface area contributed by atoms with Gasteiger partial charge >= 0.3 is 0 Å². The van der Waals surface area contributed by atoms with Crippen molar-refractivity contribution in [2.24, 2.45) is 0 Å². The number of hydrogen-bond acceptors (Lipinski definition) is 4. The van der Waals surface area contributed by atoms with Crippen LogP contribution in [0.2, 0.25) is 0 Å². The number of aliphatic hydroxyl groups is 1. The van der Waals surface area contributed by atoms with Gasteiger partial charge in [-0.3, -0.25) is 0 Å². The molecule has 2 unspecified atom stereocenters. The first kappa shape index (κ1) is 13.7. The predicted octanol–water partition coefficient (Wildman–Crippen LogP) is 2.24. The Morgan fingerprint density at radius 3 is 2.70 bits per heavy atom. The lowest BCUT2D eigenvalue weighted by atomic mass is 10.2. The van der Waals surface area contributed by atoms with E-state index >= 15 is 0 Å². The monoisotopic (exact) mass is 277 g/mol. The standard InChI is InChI=1S/C16H23NO3/c1-19-15-8-5-11(10-17-12-6-7-12)9-16(15)20-14-4-2-3-13(14)18/h5,8-9,12-14,17-18H,2-4,6-7,10H2,1H3. The van der Waals surface area contributed by atoms with Crippen molar-refractivity contribution in [1.82, 2.24) is 5.32 Å². The van der Waals surface area contributed by atoms with Gasteiger partial charge in [-0.1, -0.05) is 6.07 Å². The van der Waals surface area contributed by atoms with Gasteiger partial charge in [0.1, 0.15) is 6.10 Å². The van der Waals surface area contributed by atoms with Crippen molar-refractivity contribution < 1.29 is 14.6 Å². The van der Waals surface area contributed by atoms with E-state index in [0.29, 0.717) is 6.04 Å². The quantitative estimate of drug-likeness (QED) is 0.837. The first-order chi connectivity index (χ1) is 9.76. The van der Waals surface area contributed by atoms with Gasteiger partial charge in [-0.05, 0) is 49.8 Å². The SMILES string of the molecule is COc1ccc(CNC2CC2)cc1OC1CCCC1O. The summed E-state index contributed by atoms with van der Waals surface area (Å²) in [6.45, 7) is 0.859. The molecular formula is C16H23NO3. The normalized spacial score (nSPS) is 25.7. The maximum absolute atomic E-state index is 9.89. The zero-order chi connectivity index (χ0) is 13.9. The minimum Gasteiger partial charge on any atom is -0.493 e. The lowest BCUT2D eigenvalue weighted by Crippen LogP contribution is -2.26. The van der Waals surface area contributed by atoms with Gasteiger partial charge in [0.05, 0.1) is 13.2 Å². The van der Waals surface area contributed by atoms with Gasteiger partial charge in [0.2, 0.25) is 0 Å². The van der Waals surface area contributed by atoms with Gasteiger partial charge in [-0.2, -0.15) is 0 Å². The van der Waals surface area contributed by atoms with Gasteiger partial charge in [-0.15, -0.1) is 0 Å². The largest absolute Gasteiger partial charge is 0.493 e. The summed E-state index contributed by atoms with van der Waals surface area (Å²) in [4.78, 5) is 0. The Kier molecular flexibility index (Phi) is 4.13. The molecule has 0 heterocycles. The van der Waals surface area contributed by atoms with Crippen molar-refractivity contribution >= 4 is 0 Å². The van der Waals surface area contributed by atoms with Crippen LogP contribution in [0.1, 0.15) is 37.7 Å². The van der Waals surface area contributed by atoms with Crippen molar-refractivity contribution in [2.75, 3.05) is 7.11 Å². The van der Waals surface area contributed by atoms with Gasteiger partial charge in [0.15, 0.2) is 11.5 Å². The molecule has 4 heteroatoms. The second kappa shape index (κ2) is 6.02. The Hall–Kier alpha value is -1.26. The summed E-state index contributed by atoms with van der Waals surface area (Å²) in [6, 6.07) is 6.73. The van der Waals surface area contributed by atoms with E-state index < -0.39 is 0 Å². The molecule has 0 aliphatic heterocycles. The summed E-state index contributed by atoms with van der Waals surface area (Å²) in [5, 5.41) is 13.4. The molecule has 1 aromatic carbocycles. The molecule has 2 atom stereocenters. The maximum atomic E-state index is 9.89. The number of hydrogen-bond donors (Lipinski definition) is 2. The first-order valence-corrected chi connectivity index (χ1v) is 7.51. The van der Waals surface area contributed by atoms with Crippen LogP contribution in [0.15, 0.2) is 18.2 Å². The molecule has 20 heavy (non-hydrogen) atoms. The molecule has 1 aromatic rings. The molecule has 2 aliphatic carbocycles. The summed E-state index contributed by atoms with van der Waals surface area (Å²) >= 11 is 0. The first-order valence-electron chi connectivity index (χ1n) is 7.51. The van der Waals surface area contributed by atoms with E-state index in [2.05, 4.69) is 11.4 Å². The molecule has 2 N–H and O–H groups in total. The summed E-state index contributed by atoms with van der Waals surface area (Å²) in [5.74, 6) is 1.48. The fourth-order valence-electron chi connectivity index (χ4n) is 2.68. The van der Waals surface area contributed by atoms with Crippen LogP contribution in [0.25, 0.3) is 0 Å². The molecule has 2 saturated carbocycles. The van der Waals surface area contributed by atoms with Crippen LogP contribution in [0.4, 0.5) is 0 Å². The molecule has 2 fully saturated rings. The van der Waals surface area contributed by atoms with E-state index in [1.54, 1.807) is 7.11 Å². The number of aliphatic hydroxyl groups excluding tert-OH is 1. The van der Waals surface area contributed by atoms with Gasteiger partial charge in [0.25, 0.3) is 0 Å². The molecule has 3 rings (SSSR count). The Balaban J connectivity index is 1.69. The highest BCUT2D eigenvalue weighted by Crippen LogP contribution is 2.32. The molecule has 2 aliphatic rings. The number of benzene rings is 1.